The van der Waals surface area contributed by atoms with Gasteiger partial charge in [0, 0.05) is 25.7 Å². The van der Waals surface area contributed by atoms with E-state index >= 15 is 0 Å². The average Bonchev–Trinajstić information content (AvgIpc) is 3.51. The van der Waals surface area contributed by atoms with Gasteiger partial charge in [0.1, 0.15) is 22.7 Å². The highest BCUT2D eigenvalue weighted by molar-refractivity contribution is 6.11. The van der Waals surface area contributed by atoms with E-state index in [0.717, 1.165) is 23.8 Å². The Hall–Kier alpha value is -4.35. The van der Waals surface area contributed by atoms with Crippen molar-refractivity contribution in [1.29, 1.82) is 0 Å². The number of hydrogen-bond donors (Lipinski definition) is 1. The largest absolute Gasteiger partial charge is 0.496 e. The fourth-order valence-electron chi connectivity index (χ4n) is 4.51. The molecule has 4 aromatic rings. The number of carbonyl (C=O) groups is 2. The molecular formula is C25H25F2N7O3. The topological polar surface area (TPSA) is 107 Å². The van der Waals surface area contributed by atoms with E-state index < -0.39 is 18.0 Å². The molecule has 12 heteroatoms. The first-order chi connectivity index (χ1) is 17.9. The molecule has 0 saturated carbocycles. The van der Waals surface area contributed by atoms with Gasteiger partial charge in [-0.1, -0.05) is 12.1 Å². The Bertz CT molecular complexity index is 1470. The number of likely N-dealkylation sites (tertiary alicyclic amines) is 1. The number of aryl methyl sites for hydroxylation is 1. The SMILES string of the molecule is COc1ccccc1-c1cc(C(F)F)n2ncc(C(=O)Nc3cnn(C)c3C(=O)N3CCCCC3)c2n1. The lowest BCUT2D eigenvalue weighted by Crippen LogP contribution is -2.37. The Kier molecular flexibility index (Phi) is 6.55. The van der Waals surface area contributed by atoms with Crippen molar-refractivity contribution in [3.8, 4) is 17.0 Å². The van der Waals surface area contributed by atoms with Crippen molar-refractivity contribution in [1.82, 2.24) is 29.3 Å². The predicted molar refractivity (Wildman–Crippen MR) is 131 cm³/mol. The number of alkyl halides is 2. The molecule has 1 aliphatic heterocycles. The number of ether oxygens (including phenoxy) is 1. The van der Waals surface area contributed by atoms with Crippen molar-refractivity contribution in [3.63, 3.8) is 0 Å². The number of methoxy groups -OCH3 is 1. The smallest absolute Gasteiger partial charge is 0.280 e. The number of amides is 2. The van der Waals surface area contributed by atoms with E-state index in [4.69, 9.17) is 4.74 Å². The molecule has 1 aliphatic rings. The van der Waals surface area contributed by atoms with Crippen LogP contribution in [0.1, 0.15) is 52.2 Å². The van der Waals surface area contributed by atoms with Crippen molar-refractivity contribution >= 4 is 23.1 Å². The summed E-state index contributed by atoms with van der Waals surface area (Å²) in [7, 11) is 3.10. The lowest BCUT2D eigenvalue weighted by molar-refractivity contribution is 0.0714. The monoisotopic (exact) mass is 509 g/mol. The zero-order valence-electron chi connectivity index (χ0n) is 20.3. The second kappa shape index (κ2) is 9.96. The summed E-state index contributed by atoms with van der Waals surface area (Å²) in [5.41, 5.74) is 0.649. The molecule has 0 unspecified atom stereocenters. The number of nitrogens with zero attached hydrogens (tertiary/aromatic N) is 6. The molecule has 37 heavy (non-hydrogen) atoms. The van der Waals surface area contributed by atoms with E-state index in [1.54, 1.807) is 36.2 Å². The Morgan fingerprint density at radius 2 is 1.84 bits per heavy atom. The number of halogens is 2. The maximum absolute atomic E-state index is 14.0. The highest BCUT2D eigenvalue weighted by atomic mass is 19.3. The highest BCUT2D eigenvalue weighted by Gasteiger charge is 2.27. The van der Waals surface area contributed by atoms with Crippen LogP contribution in [0.3, 0.4) is 0 Å². The second-order valence-electron chi connectivity index (χ2n) is 8.70. The maximum Gasteiger partial charge on any atom is 0.280 e. The van der Waals surface area contributed by atoms with Gasteiger partial charge in [-0.15, -0.1) is 0 Å². The fraction of sp³-hybridized carbons (Fsp3) is 0.320. The summed E-state index contributed by atoms with van der Waals surface area (Å²) < 4.78 is 35.7. The van der Waals surface area contributed by atoms with Crippen LogP contribution in [0, 0.1) is 0 Å². The Morgan fingerprint density at radius 1 is 1.08 bits per heavy atom. The van der Waals surface area contributed by atoms with Crippen molar-refractivity contribution in [2.45, 2.75) is 25.7 Å². The molecule has 3 aromatic heterocycles. The van der Waals surface area contributed by atoms with Crippen LogP contribution in [-0.2, 0) is 7.05 Å². The molecule has 5 rings (SSSR count). The van der Waals surface area contributed by atoms with E-state index in [-0.39, 0.29) is 34.2 Å². The summed E-state index contributed by atoms with van der Waals surface area (Å²) >= 11 is 0. The Morgan fingerprint density at radius 3 is 2.57 bits per heavy atom. The Balaban J connectivity index is 1.53. The number of nitrogens with one attached hydrogen (secondary N) is 1. The summed E-state index contributed by atoms with van der Waals surface area (Å²) in [5, 5.41) is 10.8. The van der Waals surface area contributed by atoms with E-state index in [2.05, 4.69) is 20.5 Å². The molecule has 1 fully saturated rings. The second-order valence-corrected chi connectivity index (χ2v) is 8.70. The van der Waals surface area contributed by atoms with Crippen molar-refractivity contribution in [2.24, 2.45) is 7.05 Å². The van der Waals surface area contributed by atoms with Crippen LogP contribution in [0.4, 0.5) is 14.5 Å². The van der Waals surface area contributed by atoms with Crippen LogP contribution in [0.2, 0.25) is 0 Å². The number of aromatic nitrogens is 5. The molecule has 0 aliphatic carbocycles. The minimum atomic E-state index is -2.87. The molecular weight excluding hydrogens is 484 g/mol. The summed E-state index contributed by atoms with van der Waals surface area (Å²) in [6.45, 7) is 1.27. The van der Waals surface area contributed by atoms with Gasteiger partial charge in [0.15, 0.2) is 5.65 Å². The quantitative estimate of drug-likeness (QED) is 0.422. The first kappa shape index (κ1) is 24.3. The van der Waals surface area contributed by atoms with Gasteiger partial charge in [0.25, 0.3) is 18.2 Å². The molecule has 192 valence electrons. The van der Waals surface area contributed by atoms with Gasteiger partial charge in [0.2, 0.25) is 0 Å². The standard InChI is InChI=1S/C25H25F2N7O3/c1-32-21(25(36)33-10-6-3-7-11-33)18(14-28-32)31-24(35)16-13-29-34-19(22(26)27)12-17(30-23(16)34)15-8-4-5-9-20(15)37-2/h4-5,8-9,12-14,22H,3,6-7,10-11H2,1-2H3,(H,31,35). The van der Waals surface area contributed by atoms with E-state index in [1.807, 2.05) is 0 Å². The highest BCUT2D eigenvalue weighted by Crippen LogP contribution is 2.32. The molecule has 1 aromatic carbocycles. The van der Waals surface area contributed by atoms with Gasteiger partial charge in [-0.25, -0.2) is 18.3 Å². The van der Waals surface area contributed by atoms with E-state index in [0.29, 0.717) is 24.4 Å². The number of para-hydroxylation sites is 1. The van der Waals surface area contributed by atoms with Crippen molar-refractivity contribution in [2.75, 3.05) is 25.5 Å². The normalized spacial score (nSPS) is 13.8. The number of rotatable bonds is 6. The first-order valence-electron chi connectivity index (χ1n) is 11.8. The number of carbonyl (C=O) groups excluding carboxylic acids is 2. The third kappa shape index (κ3) is 4.50. The summed E-state index contributed by atoms with van der Waals surface area (Å²) in [4.78, 5) is 32.7. The van der Waals surface area contributed by atoms with Crippen molar-refractivity contribution < 1.29 is 23.1 Å². The molecule has 0 radical (unpaired) electrons. The van der Waals surface area contributed by atoms with Crippen LogP contribution in [0.5, 0.6) is 5.75 Å². The number of piperidine rings is 1. The van der Waals surface area contributed by atoms with Gasteiger partial charge in [-0.2, -0.15) is 10.2 Å². The summed E-state index contributed by atoms with van der Waals surface area (Å²) in [5.74, 6) is -0.437. The number of fused-ring (bicyclic) bond motifs is 1. The minimum Gasteiger partial charge on any atom is -0.496 e. The third-order valence-electron chi connectivity index (χ3n) is 6.38. The number of hydrogen-bond acceptors (Lipinski definition) is 6. The molecule has 0 atom stereocenters. The van der Waals surface area contributed by atoms with Crippen LogP contribution in [-0.4, -0.2) is 61.3 Å². The number of benzene rings is 1. The van der Waals surface area contributed by atoms with E-state index in [1.165, 1.54) is 30.3 Å². The van der Waals surface area contributed by atoms with Crippen molar-refractivity contribution in [3.05, 3.63) is 59.7 Å². The molecule has 4 heterocycles. The summed E-state index contributed by atoms with van der Waals surface area (Å²) in [6.07, 6.45) is 2.59. The number of anilines is 1. The maximum atomic E-state index is 14.0. The van der Waals surface area contributed by atoms with Crippen LogP contribution in [0.15, 0.2) is 42.7 Å². The summed E-state index contributed by atoms with van der Waals surface area (Å²) in [6, 6.07) is 8.09. The molecule has 2 amide bonds. The third-order valence-corrected chi connectivity index (χ3v) is 6.38. The fourth-order valence-corrected chi connectivity index (χ4v) is 4.51. The zero-order chi connectivity index (χ0) is 26.1. The lowest BCUT2D eigenvalue weighted by atomic mass is 10.1. The molecule has 0 bridgehead atoms. The van der Waals surface area contributed by atoms with Gasteiger partial charge < -0.3 is 15.0 Å². The van der Waals surface area contributed by atoms with Crippen LogP contribution >= 0.6 is 0 Å². The van der Waals surface area contributed by atoms with E-state index in [9.17, 15) is 18.4 Å². The Labute approximate surface area is 210 Å². The predicted octanol–water partition coefficient (Wildman–Crippen LogP) is 3.95. The molecule has 10 nitrogen and oxygen atoms in total. The van der Waals surface area contributed by atoms with Gasteiger partial charge in [0.05, 0.1) is 30.9 Å². The zero-order valence-corrected chi connectivity index (χ0v) is 20.3. The molecule has 1 saturated heterocycles. The van der Waals surface area contributed by atoms with Gasteiger partial charge in [-0.05, 0) is 37.5 Å². The van der Waals surface area contributed by atoms with Gasteiger partial charge in [-0.3, -0.25) is 14.3 Å². The first-order valence-corrected chi connectivity index (χ1v) is 11.8. The minimum absolute atomic E-state index is 0.0288. The molecule has 1 N–H and O–H groups in total. The molecule has 0 spiro atoms. The lowest BCUT2D eigenvalue weighted by Gasteiger charge is -2.27. The van der Waals surface area contributed by atoms with Crippen LogP contribution < -0.4 is 10.1 Å². The van der Waals surface area contributed by atoms with Gasteiger partial charge >= 0.3 is 0 Å². The average molecular weight is 510 g/mol. The van der Waals surface area contributed by atoms with Crippen LogP contribution in [0.25, 0.3) is 16.9 Å².